The molecule has 0 saturated heterocycles. The molecule has 0 radical (unpaired) electrons. The van der Waals surface area contributed by atoms with Crippen LogP contribution in [0.25, 0.3) is 0 Å². The van der Waals surface area contributed by atoms with Crippen molar-refractivity contribution in [2.45, 2.75) is 13.3 Å². The zero-order valence-corrected chi connectivity index (χ0v) is 9.57. The maximum Gasteiger partial charge on any atom is 2.00 e. The predicted octanol–water partition coefficient (Wildman–Crippen LogP) is 1.99. The summed E-state index contributed by atoms with van der Waals surface area (Å²) in [4.78, 5) is 10.4. The van der Waals surface area contributed by atoms with Gasteiger partial charge in [-0.3, -0.25) is 11.2 Å². The number of esters is 1. The fourth-order valence-electron chi connectivity index (χ4n) is 1.02. The van der Waals surface area contributed by atoms with E-state index in [-0.39, 0.29) is 26.4 Å². The monoisotopic (exact) mass is 283 g/mol. The van der Waals surface area contributed by atoms with Gasteiger partial charge < -0.3 is 4.74 Å². The Labute approximate surface area is 98.3 Å². The molecule has 1 aromatic carbocycles. The third kappa shape index (κ3) is 5.91. The molecule has 0 atom stereocenters. The summed E-state index contributed by atoms with van der Waals surface area (Å²) < 4.78 is 4.77. The second-order valence-corrected chi connectivity index (χ2v) is 2.78. The van der Waals surface area contributed by atoms with Gasteiger partial charge in [0.15, 0.2) is 0 Å². The minimum Gasteiger partial charge on any atom is -0.499 e. The Hall–Kier alpha value is -0.648. The van der Waals surface area contributed by atoms with Crippen molar-refractivity contribution in [1.29, 1.82) is 0 Å². The molecule has 1 aromatic rings. The largest absolute Gasteiger partial charge is 2.00 e. The number of carbonyl (C=O) groups excluding carboxylic acids is 1. The van der Waals surface area contributed by atoms with Gasteiger partial charge in [0.2, 0.25) is 0 Å². The van der Waals surface area contributed by atoms with Crippen LogP contribution in [0.2, 0.25) is 0 Å². The third-order valence-electron chi connectivity index (χ3n) is 1.63. The first-order valence-corrected chi connectivity index (χ1v) is 4.28. The van der Waals surface area contributed by atoms with Crippen molar-refractivity contribution in [2.24, 2.45) is 0 Å². The van der Waals surface area contributed by atoms with E-state index < -0.39 is 0 Å². The Kier molecular flexibility index (Phi) is 7.37. The topological polar surface area (TPSA) is 26.3 Å². The van der Waals surface area contributed by atoms with Crippen molar-refractivity contribution in [3.63, 3.8) is 0 Å². The second-order valence-electron chi connectivity index (χ2n) is 2.78. The molecule has 14 heavy (non-hydrogen) atoms. The van der Waals surface area contributed by atoms with Crippen LogP contribution in [0.15, 0.2) is 30.3 Å². The van der Waals surface area contributed by atoms with Crippen LogP contribution in [0, 0.1) is 6.42 Å². The molecule has 0 N–H and O–H groups in total. The molecular formula is C11H13O2Pd+. The zero-order chi connectivity index (χ0) is 9.52. The average Bonchev–Trinajstić information content (AvgIpc) is 2.14. The SMILES string of the molecule is CC(=O)OC[CH-]Cc1ccccc1.[Pd+2]. The quantitative estimate of drug-likeness (QED) is 0.366. The first-order chi connectivity index (χ1) is 6.29. The summed E-state index contributed by atoms with van der Waals surface area (Å²) in [6.45, 7) is 1.81. The number of rotatable bonds is 4. The van der Waals surface area contributed by atoms with Crippen molar-refractivity contribution >= 4 is 5.97 Å². The molecule has 0 bridgehead atoms. The number of carbonyl (C=O) groups is 1. The van der Waals surface area contributed by atoms with Gasteiger partial charge in [0, 0.05) is 6.92 Å². The van der Waals surface area contributed by atoms with Gasteiger partial charge in [-0.15, -0.1) is 0 Å². The van der Waals surface area contributed by atoms with E-state index >= 15 is 0 Å². The van der Waals surface area contributed by atoms with Crippen LogP contribution >= 0.6 is 0 Å². The summed E-state index contributed by atoms with van der Waals surface area (Å²) in [6.07, 6.45) is 2.78. The molecule has 0 saturated carbocycles. The Morgan fingerprint density at radius 3 is 2.57 bits per heavy atom. The van der Waals surface area contributed by atoms with Crippen molar-refractivity contribution in [3.05, 3.63) is 42.3 Å². The Morgan fingerprint density at radius 1 is 1.36 bits per heavy atom. The molecule has 0 heterocycles. The molecule has 0 aromatic heterocycles. The van der Waals surface area contributed by atoms with E-state index in [9.17, 15) is 4.79 Å². The van der Waals surface area contributed by atoms with Crippen molar-refractivity contribution < 1.29 is 30.0 Å². The molecular weight excluding hydrogens is 271 g/mol. The summed E-state index contributed by atoms with van der Waals surface area (Å²) in [5.74, 6) is -0.232. The van der Waals surface area contributed by atoms with E-state index in [1.165, 1.54) is 12.5 Å². The maximum atomic E-state index is 10.4. The Morgan fingerprint density at radius 2 is 2.00 bits per heavy atom. The molecule has 0 aliphatic rings. The molecule has 78 valence electrons. The van der Waals surface area contributed by atoms with Crippen LogP contribution in [-0.2, 0) is 36.4 Å². The number of benzene rings is 1. The summed E-state index contributed by atoms with van der Waals surface area (Å²) >= 11 is 0. The van der Waals surface area contributed by atoms with Gasteiger partial charge in [-0.05, 0) is 6.61 Å². The van der Waals surface area contributed by atoms with Crippen LogP contribution in [0.3, 0.4) is 0 Å². The van der Waals surface area contributed by atoms with Crippen LogP contribution < -0.4 is 0 Å². The van der Waals surface area contributed by atoms with E-state index in [0.717, 1.165) is 6.42 Å². The molecule has 1 rings (SSSR count). The molecule has 3 heteroatoms. The predicted molar refractivity (Wildman–Crippen MR) is 51.1 cm³/mol. The summed E-state index contributed by atoms with van der Waals surface area (Å²) in [5.41, 5.74) is 1.23. The van der Waals surface area contributed by atoms with Crippen LogP contribution in [0.1, 0.15) is 12.5 Å². The Balaban J connectivity index is 0.00000169. The molecule has 2 nitrogen and oxygen atoms in total. The van der Waals surface area contributed by atoms with E-state index in [2.05, 4.69) is 0 Å². The minimum atomic E-state index is -0.232. The van der Waals surface area contributed by atoms with Gasteiger partial charge in [0.1, 0.15) is 0 Å². The van der Waals surface area contributed by atoms with Gasteiger partial charge in [0.25, 0.3) is 5.97 Å². The van der Waals surface area contributed by atoms with Crippen molar-refractivity contribution in [3.8, 4) is 0 Å². The van der Waals surface area contributed by atoms with Crippen molar-refractivity contribution in [2.75, 3.05) is 6.61 Å². The van der Waals surface area contributed by atoms with Gasteiger partial charge >= 0.3 is 20.4 Å². The van der Waals surface area contributed by atoms with Crippen molar-refractivity contribution in [1.82, 2.24) is 0 Å². The Bertz CT molecular complexity index is 259. The van der Waals surface area contributed by atoms with Crippen LogP contribution in [0.5, 0.6) is 0 Å². The number of hydrogen-bond donors (Lipinski definition) is 0. The van der Waals surface area contributed by atoms with Gasteiger partial charge in [0.05, 0.1) is 0 Å². The summed E-state index contributed by atoms with van der Waals surface area (Å²) in [6, 6.07) is 10.1. The van der Waals surface area contributed by atoms with E-state index in [1.54, 1.807) is 0 Å². The average molecular weight is 284 g/mol. The second kappa shape index (κ2) is 7.73. The van der Waals surface area contributed by atoms with Gasteiger partial charge in [-0.1, -0.05) is 35.9 Å². The van der Waals surface area contributed by atoms with E-state index in [4.69, 9.17) is 4.74 Å². The molecule has 0 amide bonds. The number of hydrogen-bond acceptors (Lipinski definition) is 2. The smallest absolute Gasteiger partial charge is 0.499 e. The number of ether oxygens (including phenoxy) is 1. The molecule has 0 unspecified atom stereocenters. The normalized spacial score (nSPS) is 8.93. The molecule has 0 aliphatic carbocycles. The minimum absolute atomic E-state index is 0. The first kappa shape index (κ1) is 13.4. The third-order valence-corrected chi connectivity index (χ3v) is 1.63. The molecule has 0 fully saturated rings. The fourth-order valence-corrected chi connectivity index (χ4v) is 1.02. The summed E-state index contributed by atoms with van der Waals surface area (Å²) in [5, 5.41) is 0. The fraction of sp³-hybridized carbons (Fsp3) is 0.273. The van der Waals surface area contributed by atoms with E-state index in [1.807, 2.05) is 36.8 Å². The maximum absolute atomic E-state index is 10.4. The standard InChI is InChI=1S/C11H13O2.Pd/c1-10(12)13-9-5-8-11-6-3-2-4-7-11;/h2-7H,8-9H2,1H3;/q-1;+2. The molecule has 0 aliphatic heterocycles. The van der Waals surface area contributed by atoms with Gasteiger partial charge in [-0.25, -0.2) is 0 Å². The van der Waals surface area contributed by atoms with Crippen LogP contribution in [0.4, 0.5) is 0 Å². The zero-order valence-electron chi connectivity index (χ0n) is 8.01. The van der Waals surface area contributed by atoms with E-state index in [0.29, 0.717) is 6.61 Å². The van der Waals surface area contributed by atoms with Crippen LogP contribution in [-0.4, -0.2) is 12.6 Å². The summed E-state index contributed by atoms with van der Waals surface area (Å²) in [7, 11) is 0. The molecule has 0 spiro atoms. The first-order valence-electron chi connectivity index (χ1n) is 4.28. The van der Waals surface area contributed by atoms with Gasteiger partial charge in [-0.2, -0.15) is 6.42 Å².